The number of hydrogen-bond donors (Lipinski definition) is 3. The molecule has 1 fully saturated rings. The first-order valence-corrected chi connectivity index (χ1v) is 13.0. The van der Waals surface area contributed by atoms with Crippen LogP contribution in [0.1, 0.15) is 42.8 Å². The Hall–Kier alpha value is -4.88. The van der Waals surface area contributed by atoms with Crippen LogP contribution in [0.3, 0.4) is 0 Å². The number of carbonyl (C=O) groups excluding carboxylic acids is 1. The smallest absolute Gasteiger partial charge is 0.258 e. The third-order valence-electron chi connectivity index (χ3n) is 7.30. The maximum Gasteiger partial charge on any atom is 0.258 e. The van der Waals surface area contributed by atoms with Crippen LogP contribution in [0.25, 0.3) is 5.82 Å². The number of aryl methyl sites for hydroxylation is 2. The lowest BCUT2D eigenvalue weighted by Gasteiger charge is -2.37. The van der Waals surface area contributed by atoms with Gasteiger partial charge in [-0.15, -0.1) is 0 Å². The predicted octanol–water partition coefficient (Wildman–Crippen LogP) is 2.54. The van der Waals surface area contributed by atoms with E-state index in [9.17, 15) is 9.18 Å². The van der Waals surface area contributed by atoms with E-state index in [0.29, 0.717) is 49.3 Å². The number of pyridine rings is 1. The van der Waals surface area contributed by atoms with Crippen molar-refractivity contribution in [3.05, 3.63) is 65.6 Å². The molecule has 1 spiro atoms. The normalized spacial score (nSPS) is 17.4. The summed E-state index contributed by atoms with van der Waals surface area (Å²) in [5.41, 5.74) is 7.93. The van der Waals surface area contributed by atoms with Gasteiger partial charge in [0.2, 0.25) is 5.95 Å². The number of aromatic amines is 1. The zero-order valence-electron chi connectivity index (χ0n) is 22.3. The number of piperidine rings is 1. The number of guanidine groups is 1. The maximum atomic E-state index is 13.7. The van der Waals surface area contributed by atoms with Crippen molar-refractivity contribution >= 4 is 29.5 Å². The van der Waals surface area contributed by atoms with Crippen molar-refractivity contribution in [2.75, 3.05) is 23.3 Å². The van der Waals surface area contributed by atoms with Gasteiger partial charge in [-0.05, 0) is 45.2 Å². The topological polar surface area (TPSA) is 159 Å². The predicted molar refractivity (Wildman–Crippen MR) is 146 cm³/mol. The molecule has 0 bridgehead atoms. The number of rotatable bonds is 6. The van der Waals surface area contributed by atoms with E-state index < -0.39 is 11.4 Å². The lowest BCUT2D eigenvalue weighted by Crippen LogP contribution is -2.51. The molecule has 4 N–H and O–H groups in total. The van der Waals surface area contributed by atoms with Crippen molar-refractivity contribution in [1.82, 2.24) is 39.8 Å². The Morgan fingerprint density at radius 3 is 2.58 bits per heavy atom. The highest BCUT2D eigenvalue weighted by molar-refractivity contribution is 6.07. The SMILES string of the molecule is Cc1cc(Nc2cc(C)[nH]n2)nc(N2CCC3(CC2)N=C(N)N([C@@H](C)c2ccc(-n4cc(F)cn4)nc2)C3=O)n1. The standard InChI is InChI=1S/C26H29FN12O/c1-15-10-20(32-21-11-16(2)35-36-21)33-25(31-15)37-8-6-26(7-9-37)23(40)39(24(28)34-26)17(3)18-4-5-22(29-12-18)38-14-19(27)13-30-38/h4-5,10-14,17H,6-9H2,1-3H3,(H2,28,34)(H2,31,32,33,35,36)/t17-/m0/s1. The van der Waals surface area contributed by atoms with Gasteiger partial charge in [-0.2, -0.15) is 15.2 Å². The summed E-state index contributed by atoms with van der Waals surface area (Å²) in [5.74, 6) is 1.99. The van der Waals surface area contributed by atoms with Crippen molar-refractivity contribution in [3.63, 3.8) is 0 Å². The summed E-state index contributed by atoms with van der Waals surface area (Å²) < 4.78 is 14.7. The van der Waals surface area contributed by atoms with Gasteiger partial charge in [0.15, 0.2) is 23.4 Å². The van der Waals surface area contributed by atoms with E-state index in [0.717, 1.165) is 23.1 Å². The first kappa shape index (κ1) is 25.4. The fraction of sp³-hybridized carbons (Fsp3) is 0.346. The summed E-state index contributed by atoms with van der Waals surface area (Å²) in [7, 11) is 0. The van der Waals surface area contributed by atoms with Crippen molar-refractivity contribution in [2.45, 2.75) is 45.2 Å². The van der Waals surface area contributed by atoms with Gasteiger partial charge in [-0.25, -0.2) is 24.0 Å². The van der Waals surface area contributed by atoms with Crippen LogP contribution in [0.15, 0.2) is 47.8 Å². The second-order valence-electron chi connectivity index (χ2n) is 10.1. The van der Waals surface area contributed by atoms with E-state index in [1.165, 1.54) is 15.8 Å². The van der Waals surface area contributed by atoms with Crippen LogP contribution in [-0.2, 0) is 4.79 Å². The third kappa shape index (κ3) is 4.61. The summed E-state index contributed by atoms with van der Waals surface area (Å²) in [4.78, 5) is 35.7. The minimum absolute atomic E-state index is 0.128. The van der Waals surface area contributed by atoms with Gasteiger partial charge in [0, 0.05) is 42.8 Å². The first-order valence-electron chi connectivity index (χ1n) is 13.0. The van der Waals surface area contributed by atoms with Gasteiger partial charge in [0.25, 0.3) is 5.91 Å². The van der Waals surface area contributed by atoms with Gasteiger partial charge in [-0.1, -0.05) is 6.07 Å². The molecule has 4 aromatic heterocycles. The summed E-state index contributed by atoms with van der Waals surface area (Å²) in [5, 5.41) is 14.3. The van der Waals surface area contributed by atoms with E-state index in [1.54, 1.807) is 12.3 Å². The van der Waals surface area contributed by atoms with Gasteiger partial charge in [-0.3, -0.25) is 14.8 Å². The van der Waals surface area contributed by atoms with Crippen LogP contribution >= 0.6 is 0 Å². The fourth-order valence-electron chi connectivity index (χ4n) is 5.15. The highest BCUT2D eigenvalue weighted by atomic mass is 19.1. The second-order valence-corrected chi connectivity index (χ2v) is 10.1. The number of nitrogens with one attached hydrogen (secondary N) is 2. The summed E-state index contributed by atoms with van der Waals surface area (Å²) in [6, 6.07) is 6.92. The zero-order chi connectivity index (χ0) is 28.0. The maximum absolute atomic E-state index is 13.7. The van der Waals surface area contributed by atoms with E-state index in [1.807, 2.05) is 39.0 Å². The Kier molecular flexibility index (Phi) is 6.16. The van der Waals surface area contributed by atoms with Gasteiger partial charge in [0.1, 0.15) is 11.4 Å². The molecule has 1 saturated heterocycles. The molecule has 1 amide bonds. The zero-order valence-corrected chi connectivity index (χ0v) is 22.3. The Bertz CT molecular complexity index is 1590. The average Bonchev–Trinajstić information content (AvgIpc) is 3.61. The number of carbonyl (C=O) groups is 1. The Morgan fingerprint density at radius 1 is 1.12 bits per heavy atom. The molecule has 0 saturated carbocycles. The lowest BCUT2D eigenvalue weighted by molar-refractivity contribution is -0.133. The number of aromatic nitrogens is 7. The highest BCUT2D eigenvalue weighted by Gasteiger charge is 2.51. The minimum atomic E-state index is -0.924. The van der Waals surface area contributed by atoms with Crippen molar-refractivity contribution in [1.29, 1.82) is 0 Å². The van der Waals surface area contributed by atoms with Crippen LogP contribution in [0, 0.1) is 19.7 Å². The third-order valence-corrected chi connectivity index (χ3v) is 7.30. The molecule has 14 heteroatoms. The summed E-state index contributed by atoms with van der Waals surface area (Å²) in [6.45, 7) is 6.82. The Morgan fingerprint density at radius 2 is 1.93 bits per heavy atom. The highest BCUT2D eigenvalue weighted by Crippen LogP contribution is 2.37. The number of H-pyrrole nitrogens is 1. The molecule has 40 heavy (non-hydrogen) atoms. The second kappa shape index (κ2) is 9.70. The molecule has 6 heterocycles. The van der Waals surface area contributed by atoms with Gasteiger partial charge >= 0.3 is 0 Å². The monoisotopic (exact) mass is 544 g/mol. The summed E-state index contributed by atoms with van der Waals surface area (Å²) >= 11 is 0. The molecule has 0 aromatic carbocycles. The van der Waals surface area contributed by atoms with E-state index in [-0.39, 0.29) is 17.9 Å². The first-order chi connectivity index (χ1) is 19.2. The van der Waals surface area contributed by atoms with Crippen LogP contribution in [0.2, 0.25) is 0 Å². The molecule has 1 atom stereocenters. The number of aliphatic imine (C=N–C) groups is 1. The largest absolute Gasteiger partial charge is 0.369 e. The Balaban J connectivity index is 1.14. The van der Waals surface area contributed by atoms with Crippen molar-refractivity contribution in [2.24, 2.45) is 10.7 Å². The molecule has 2 aliphatic rings. The van der Waals surface area contributed by atoms with Gasteiger partial charge < -0.3 is 16.0 Å². The number of halogens is 1. The van der Waals surface area contributed by atoms with Crippen molar-refractivity contribution < 1.29 is 9.18 Å². The van der Waals surface area contributed by atoms with Crippen LogP contribution < -0.4 is 16.0 Å². The molecule has 4 aromatic rings. The fourth-order valence-corrected chi connectivity index (χ4v) is 5.15. The van der Waals surface area contributed by atoms with Gasteiger partial charge in [0.05, 0.1) is 18.4 Å². The van der Waals surface area contributed by atoms with E-state index >= 15 is 0 Å². The molecule has 13 nitrogen and oxygen atoms in total. The van der Waals surface area contributed by atoms with Crippen LogP contribution in [0.5, 0.6) is 0 Å². The number of nitrogens with zero attached hydrogens (tertiary/aromatic N) is 9. The van der Waals surface area contributed by atoms with E-state index in [2.05, 4.69) is 45.5 Å². The molecule has 0 aliphatic carbocycles. The number of anilines is 3. The molecule has 2 aliphatic heterocycles. The van der Waals surface area contributed by atoms with E-state index in [4.69, 9.17) is 5.73 Å². The molecule has 0 unspecified atom stereocenters. The van der Waals surface area contributed by atoms with Crippen LogP contribution in [-0.4, -0.2) is 70.3 Å². The lowest BCUT2D eigenvalue weighted by atomic mass is 9.87. The number of amides is 1. The van der Waals surface area contributed by atoms with Crippen molar-refractivity contribution in [3.8, 4) is 5.82 Å². The average molecular weight is 545 g/mol. The quantitative estimate of drug-likeness (QED) is 0.331. The Labute approximate surface area is 229 Å². The number of nitrogens with two attached hydrogens (primary N) is 1. The summed E-state index contributed by atoms with van der Waals surface area (Å²) in [6.07, 6.45) is 4.97. The molecule has 6 rings (SSSR count). The number of hydrogen-bond acceptors (Lipinski definition) is 10. The molecule has 0 radical (unpaired) electrons. The molecule has 206 valence electrons. The molecular weight excluding hydrogens is 515 g/mol. The van der Waals surface area contributed by atoms with Crippen LogP contribution in [0.4, 0.5) is 22.0 Å². The minimum Gasteiger partial charge on any atom is -0.369 e. The molecular formula is C26H29FN12O.